The summed E-state index contributed by atoms with van der Waals surface area (Å²) in [6, 6.07) is 14.0. The van der Waals surface area contributed by atoms with Crippen LogP contribution in [0.3, 0.4) is 0 Å². The highest BCUT2D eigenvalue weighted by Gasteiger charge is 2.23. The number of benzene rings is 2. The molecular formula is C19H19N3O2. The van der Waals surface area contributed by atoms with E-state index in [9.17, 15) is 0 Å². The molecule has 0 saturated carbocycles. The second-order valence-corrected chi connectivity index (χ2v) is 5.97. The van der Waals surface area contributed by atoms with Gasteiger partial charge in [0.25, 0.3) is 0 Å². The molecule has 0 radical (unpaired) electrons. The van der Waals surface area contributed by atoms with Gasteiger partial charge in [-0.05, 0) is 25.1 Å². The fourth-order valence-electron chi connectivity index (χ4n) is 3.22. The molecule has 1 aromatic heterocycles. The summed E-state index contributed by atoms with van der Waals surface area (Å²) in [6.45, 7) is 3.57. The van der Waals surface area contributed by atoms with Crippen molar-refractivity contribution >= 4 is 16.7 Å². The zero-order chi connectivity index (χ0) is 16.5. The van der Waals surface area contributed by atoms with Gasteiger partial charge in [-0.15, -0.1) is 0 Å². The van der Waals surface area contributed by atoms with Crippen molar-refractivity contribution < 1.29 is 9.47 Å². The Hall–Kier alpha value is -2.82. The van der Waals surface area contributed by atoms with Crippen LogP contribution in [0.4, 0.5) is 5.82 Å². The van der Waals surface area contributed by atoms with E-state index in [4.69, 9.17) is 9.47 Å². The molecule has 5 nitrogen and oxygen atoms in total. The van der Waals surface area contributed by atoms with Gasteiger partial charge in [0.2, 0.25) is 0 Å². The number of aromatic nitrogens is 2. The second-order valence-electron chi connectivity index (χ2n) is 5.97. The van der Waals surface area contributed by atoms with Crippen molar-refractivity contribution in [3.05, 3.63) is 54.4 Å². The largest absolute Gasteiger partial charge is 0.496 e. The third-order valence-electron chi connectivity index (χ3n) is 4.26. The molecule has 0 spiro atoms. The van der Waals surface area contributed by atoms with E-state index in [1.54, 1.807) is 13.4 Å². The summed E-state index contributed by atoms with van der Waals surface area (Å²) in [5.74, 6) is 2.61. The number of nitrogens with zero attached hydrogens (tertiary/aromatic N) is 3. The van der Waals surface area contributed by atoms with E-state index in [1.165, 1.54) is 0 Å². The summed E-state index contributed by atoms with van der Waals surface area (Å²) in [4.78, 5) is 11.2. The highest BCUT2D eigenvalue weighted by molar-refractivity contribution is 5.94. The lowest BCUT2D eigenvalue weighted by Crippen LogP contribution is -2.31. The van der Waals surface area contributed by atoms with Crippen LogP contribution < -0.4 is 14.4 Å². The first kappa shape index (κ1) is 14.8. The van der Waals surface area contributed by atoms with Gasteiger partial charge >= 0.3 is 0 Å². The Bertz CT molecular complexity index is 876. The molecule has 0 saturated heterocycles. The van der Waals surface area contributed by atoms with Crippen LogP contribution in [-0.2, 0) is 6.54 Å². The van der Waals surface area contributed by atoms with Gasteiger partial charge in [0.05, 0.1) is 24.6 Å². The Labute approximate surface area is 140 Å². The summed E-state index contributed by atoms with van der Waals surface area (Å²) < 4.78 is 11.6. The van der Waals surface area contributed by atoms with Crippen molar-refractivity contribution in [1.29, 1.82) is 0 Å². The third kappa shape index (κ3) is 2.52. The maximum Gasteiger partial charge on any atom is 0.144 e. The molecule has 3 aromatic rings. The molecule has 0 amide bonds. The number of hydrogen-bond acceptors (Lipinski definition) is 5. The van der Waals surface area contributed by atoms with E-state index in [-0.39, 0.29) is 6.10 Å². The van der Waals surface area contributed by atoms with E-state index >= 15 is 0 Å². The molecule has 1 atom stereocenters. The average molecular weight is 321 g/mol. The number of anilines is 1. The predicted molar refractivity (Wildman–Crippen MR) is 93.7 cm³/mol. The van der Waals surface area contributed by atoms with Crippen LogP contribution in [0.25, 0.3) is 10.9 Å². The molecule has 5 heteroatoms. The zero-order valence-electron chi connectivity index (χ0n) is 13.8. The minimum absolute atomic E-state index is 0.0633. The Morgan fingerprint density at radius 2 is 2.00 bits per heavy atom. The summed E-state index contributed by atoms with van der Waals surface area (Å²) >= 11 is 0. The average Bonchev–Trinajstić information content (AvgIpc) is 2.78. The maximum atomic E-state index is 6.06. The summed E-state index contributed by atoms with van der Waals surface area (Å²) in [6.07, 6.45) is 1.67. The number of fused-ring (bicyclic) bond motifs is 2. The van der Waals surface area contributed by atoms with Gasteiger partial charge in [0.15, 0.2) is 0 Å². The molecule has 1 aliphatic heterocycles. The van der Waals surface area contributed by atoms with Gasteiger partial charge in [-0.3, -0.25) is 0 Å². The Morgan fingerprint density at radius 1 is 1.12 bits per heavy atom. The Balaban J connectivity index is 1.85. The van der Waals surface area contributed by atoms with Crippen LogP contribution in [0.5, 0.6) is 11.5 Å². The minimum Gasteiger partial charge on any atom is -0.496 e. The van der Waals surface area contributed by atoms with Crippen LogP contribution in [-0.4, -0.2) is 29.7 Å². The van der Waals surface area contributed by atoms with Crippen molar-refractivity contribution in [2.75, 3.05) is 18.6 Å². The smallest absolute Gasteiger partial charge is 0.144 e. The SMILES string of the molecule is COc1cccc2ncnc(N3Cc4ccccc4OC(C)C3)c12. The summed E-state index contributed by atoms with van der Waals surface area (Å²) in [7, 11) is 1.68. The van der Waals surface area contributed by atoms with Crippen molar-refractivity contribution in [1.82, 2.24) is 9.97 Å². The molecule has 2 heterocycles. The highest BCUT2D eigenvalue weighted by Crippen LogP contribution is 2.34. The highest BCUT2D eigenvalue weighted by atomic mass is 16.5. The number of hydrogen-bond donors (Lipinski definition) is 0. The number of para-hydroxylation sites is 1. The summed E-state index contributed by atoms with van der Waals surface area (Å²) in [5.41, 5.74) is 2.04. The molecule has 1 unspecified atom stereocenters. The van der Waals surface area contributed by atoms with Crippen LogP contribution in [0.1, 0.15) is 12.5 Å². The van der Waals surface area contributed by atoms with Crippen molar-refractivity contribution in [2.24, 2.45) is 0 Å². The fourth-order valence-corrected chi connectivity index (χ4v) is 3.22. The Kier molecular flexibility index (Phi) is 3.69. The quantitative estimate of drug-likeness (QED) is 0.724. The summed E-state index contributed by atoms with van der Waals surface area (Å²) in [5, 5.41) is 0.939. The number of ether oxygens (including phenoxy) is 2. The van der Waals surface area contributed by atoms with Crippen LogP contribution >= 0.6 is 0 Å². The van der Waals surface area contributed by atoms with Gasteiger partial charge in [-0.2, -0.15) is 0 Å². The first-order valence-electron chi connectivity index (χ1n) is 8.03. The molecule has 0 bridgehead atoms. The molecule has 0 N–H and O–H groups in total. The standard InChI is InChI=1S/C19H19N3O2/c1-13-10-22(11-14-6-3-4-8-16(14)24-13)19-18-15(20-12-21-19)7-5-9-17(18)23-2/h3-9,12-13H,10-11H2,1-2H3. The lowest BCUT2D eigenvalue weighted by molar-refractivity contribution is 0.232. The zero-order valence-corrected chi connectivity index (χ0v) is 13.8. The molecule has 0 fully saturated rings. The van der Waals surface area contributed by atoms with Gasteiger partial charge in [-0.1, -0.05) is 24.3 Å². The second kappa shape index (κ2) is 6.00. The molecule has 4 rings (SSSR count). The Morgan fingerprint density at radius 3 is 2.88 bits per heavy atom. The van der Waals surface area contributed by atoms with Crippen LogP contribution in [0.2, 0.25) is 0 Å². The topological polar surface area (TPSA) is 47.5 Å². The molecule has 0 aliphatic carbocycles. The first-order chi connectivity index (χ1) is 11.8. The maximum absolute atomic E-state index is 6.06. The van der Waals surface area contributed by atoms with Gasteiger partial charge in [0.1, 0.15) is 29.7 Å². The van der Waals surface area contributed by atoms with E-state index in [1.807, 2.05) is 36.4 Å². The lowest BCUT2D eigenvalue weighted by Gasteiger charge is -2.24. The van der Waals surface area contributed by atoms with E-state index in [0.29, 0.717) is 0 Å². The van der Waals surface area contributed by atoms with Gasteiger partial charge < -0.3 is 14.4 Å². The van der Waals surface area contributed by atoms with Gasteiger partial charge in [0, 0.05) is 12.1 Å². The van der Waals surface area contributed by atoms with E-state index in [0.717, 1.165) is 46.9 Å². The fraction of sp³-hybridized carbons (Fsp3) is 0.263. The van der Waals surface area contributed by atoms with Crippen LogP contribution in [0.15, 0.2) is 48.8 Å². The molecule has 2 aromatic carbocycles. The monoisotopic (exact) mass is 321 g/mol. The lowest BCUT2D eigenvalue weighted by atomic mass is 10.1. The first-order valence-corrected chi connectivity index (χ1v) is 8.03. The third-order valence-corrected chi connectivity index (χ3v) is 4.26. The molecule has 122 valence electrons. The molecular weight excluding hydrogens is 302 g/mol. The molecule has 1 aliphatic rings. The van der Waals surface area contributed by atoms with Crippen molar-refractivity contribution in [3.8, 4) is 11.5 Å². The molecule has 24 heavy (non-hydrogen) atoms. The van der Waals surface area contributed by atoms with Gasteiger partial charge in [-0.25, -0.2) is 9.97 Å². The van der Waals surface area contributed by atoms with E-state index < -0.39 is 0 Å². The minimum atomic E-state index is 0.0633. The van der Waals surface area contributed by atoms with Crippen molar-refractivity contribution in [2.45, 2.75) is 19.6 Å². The van der Waals surface area contributed by atoms with E-state index in [2.05, 4.69) is 27.9 Å². The predicted octanol–water partition coefficient (Wildman–Crippen LogP) is 3.43. The normalized spacial score (nSPS) is 17.1. The number of rotatable bonds is 2. The van der Waals surface area contributed by atoms with Crippen LogP contribution in [0, 0.1) is 0 Å². The van der Waals surface area contributed by atoms with Crippen molar-refractivity contribution in [3.63, 3.8) is 0 Å². The number of methoxy groups -OCH3 is 1.